The quantitative estimate of drug-likeness (QED) is 0.519. The molecular weight excluding hydrogens is 435 g/mol. The first kappa shape index (κ1) is 23.5. The van der Waals surface area contributed by atoms with E-state index in [4.69, 9.17) is 0 Å². The van der Waals surface area contributed by atoms with Crippen LogP contribution < -0.4 is 0 Å². The Morgan fingerprint density at radius 2 is 1.79 bits per heavy atom. The highest BCUT2D eigenvalue weighted by Crippen LogP contribution is 2.67. The van der Waals surface area contributed by atoms with Crippen molar-refractivity contribution in [3.05, 3.63) is 42.0 Å². The molecule has 1 aromatic rings. The Morgan fingerprint density at radius 1 is 1.06 bits per heavy atom. The van der Waals surface area contributed by atoms with Gasteiger partial charge in [0.1, 0.15) is 0 Å². The Morgan fingerprint density at radius 3 is 2.52 bits per heavy atom. The SMILES string of the molecule is C[C@H](CS(=O)(=O)c1ccccc1)[C@H]1CC[C@H]2[C@@H]3CC=C4C[C@](O)(F)CC[C@]4(C)[C@H]3CC[C@]12C. The van der Waals surface area contributed by atoms with Gasteiger partial charge in [-0.1, -0.05) is 50.6 Å². The van der Waals surface area contributed by atoms with Crippen LogP contribution in [-0.4, -0.2) is 25.1 Å². The second kappa shape index (κ2) is 7.91. The summed E-state index contributed by atoms with van der Waals surface area (Å²) < 4.78 is 40.5. The molecule has 0 spiro atoms. The summed E-state index contributed by atoms with van der Waals surface area (Å²) in [7, 11) is -3.29. The van der Waals surface area contributed by atoms with Gasteiger partial charge < -0.3 is 5.11 Å². The molecule has 0 aliphatic heterocycles. The summed E-state index contributed by atoms with van der Waals surface area (Å²) >= 11 is 0. The molecule has 1 aromatic carbocycles. The topological polar surface area (TPSA) is 54.4 Å². The molecule has 0 saturated heterocycles. The Bertz CT molecular complexity index is 1030. The van der Waals surface area contributed by atoms with Gasteiger partial charge in [0.25, 0.3) is 0 Å². The molecule has 5 rings (SSSR count). The molecule has 3 fully saturated rings. The van der Waals surface area contributed by atoms with E-state index >= 15 is 0 Å². The van der Waals surface area contributed by atoms with Crippen LogP contribution in [0.25, 0.3) is 0 Å². The maximum atomic E-state index is 14.4. The van der Waals surface area contributed by atoms with Crippen molar-refractivity contribution < 1.29 is 17.9 Å². The minimum Gasteiger partial charge on any atom is -0.361 e. The van der Waals surface area contributed by atoms with Crippen LogP contribution in [0, 0.1) is 40.4 Å². The van der Waals surface area contributed by atoms with Gasteiger partial charge in [0.05, 0.1) is 10.6 Å². The molecule has 3 nitrogen and oxygen atoms in total. The summed E-state index contributed by atoms with van der Waals surface area (Å²) in [6, 6.07) is 8.87. The third-order valence-corrected chi connectivity index (χ3v) is 12.4. The molecule has 0 aromatic heterocycles. The summed E-state index contributed by atoms with van der Waals surface area (Å²) in [6.07, 6.45) is 8.91. The van der Waals surface area contributed by atoms with E-state index in [1.54, 1.807) is 24.3 Å². The Kier molecular flexibility index (Phi) is 5.64. The zero-order valence-electron chi connectivity index (χ0n) is 20.3. The number of hydrogen-bond acceptors (Lipinski definition) is 3. The second-order valence-electron chi connectivity index (χ2n) is 12.2. The summed E-state index contributed by atoms with van der Waals surface area (Å²) in [6.45, 7) is 6.89. The fourth-order valence-corrected chi connectivity index (χ4v) is 10.5. The van der Waals surface area contributed by atoms with Crippen molar-refractivity contribution in [3.63, 3.8) is 0 Å². The summed E-state index contributed by atoms with van der Waals surface area (Å²) in [5, 5.41) is 10.0. The molecule has 4 aliphatic carbocycles. The lowest BCUT2D eigenvalue weighted by atomic mass is 9.47. The molecule has 0 bridgehead atoms. The molecule has 0 radical (unpaired) electrons. The van der Waals surface area contributed by atoms with Crippen LogP contribution in [0.4, 0.5) is 4.39 Å². The lowest BCUT2D eigenvalue weighted by Crippen LogP contribution is -2.52. The molecule has 33 heavy (non-hydrogen) atoms. The first-order chi connectivity index (χ1) is 15.5. The van der Waals surface area contributed by atoms with Crippen molar-refractivity contribution in [1.29, 1.82) is 0 Å². The predicted molar refractivity (Wildman–Crippen MR) is 129 cm³/mol. The molecule has 3 saturated carbocycles. The molecular formula is C28H39FO3S. The van der Waals surface area contributed by atoms with E-state index in [1.165, 1.54) is 6.42 Å². The van der Waals surface area contributed by atoms with Crippen LogP contribution in [0.2, 0.25) is 0 Å². The van der Waals surface area contributed by atoms with Crippen LogP contribution in [-0.2, 0) is 9.84 Å². The largest absolute Gasteiger partial charge is 0.361 e. The molecule has 4 aliphatic rings. The molecule has 5 heteroatoms. The van der Waals surface area contributed by atoms with E-state index in [-0.39, 0.29) is 35.3 Å². The molecule has 0 unspecified atom stereocenters. The van der Waals surface area contributed by atoms with Crippen LogP contribution in [0.3, 0.4) is 0 Å². The summed E-state index contributed by atoms with van der Waals surface area (Å²) in [4.78, 5) is 0.434. The highest BCUT2D eigenvalue weighted by atomic mass is 32.2. The fourth-order valence-electron chi connectivity index (χ4n) is 8.77. The van der Waals surface area contributed by atoms with Crippen molar-refractivity contribution >= 4 is 9.84 Å². The number of benzene rings is 1. The molecule has 0 heterocycles. The van der Waals surface area contributed by atoms with E-state index in [0.717, 1.165) is 37.7 Å². The standard InChI is InChI=1S/C28H39FO3S/c1-19(18-33(31,32)21-7-5-4-6-8-21)23-11-12-24-22-10-9-20-17-28(29,30)16-15-26(20,2)25(22)13-14-27(23,24)3/h4-9,19,22-25,30H,10-18H2,1-3H3/t19-,22+,23-,24+,25+,26+,27-,28+/m1/s1. The Balaban J connectivity index is 1.36. The van der Waals surface area contributed by atoms with Gasteiger partial charge in [-0.25, -0.2) is 12.8 Å². The number of alkyl halides is 1. The zero-order chi connectivity index (χ0) is 23.6. The van der Waals surface area contributed by atoms with E-state index in [1.807, 2.05) is 6.07 Å². The van der Waals surface area contributed by atoms with Gasteiger partial charge in [0, 0.05) is 12.8 Å². The van der Waals surface area contributed by atoms with Gasteiger partial charge in [-0.3, -0.25) is 0 Å². The van der Waals surface area contributed by atoms with E-state index in [2.05, 4.69) is 26.8 Å². The Hall–Kier alpha value is -1.20. The van der Waals surface area contributed by atoms with Gasteiger partial charge in [-0.05, 0) is 91.1 Å². The van der Waals surface area contributed by atoms with Crippen LogP contribution >= 0.6 is 0 Å². The van der Waals surface area contributed by atoms with Gasteiger partial charge in [-0.2, -0.15) is 0 Å². The molecule has 8 atom stereocenters. The third kappa shape index (κ3) is 3.82. The first-order valence-corrected chi connectivity index (χ1v) is 14.5. The van der Waals surface area contributed by atoms with E-state index in [0.29, 0.717) is 28.6 Å². The lowest BCUT2D eigenvalue weighted by molar-refractivity contribution is -0.133. The second-order valence-corrected chi connectivity index (χ2v) is 14.2. The summed E-state index contributed by atoms with van der Waals surface area (Å²) in [5.41, 5.74) is 1.31. The van der Waals surface area contributed by atoms with Crippen molar-refractivity contribution in [1.82, 2.24) is 0 Å². The smallest absolute Gasteiger partial charge is 0.210 e. The number of rotatable bonds is 4. The normalized spacial score (nSPS) is 43.7. The Labute approximate surface area is 198 Å². The molecule has 182 valence electrons. The monoisotopic (exact) mass is 474 g/mol. The lowest BCUT2D eigenvalue weighted by Gasteiger charge is -2.58. The molecule has 0 amide bonds. The number of allylic oxidation sites excluding steroid dienone is 1. The number of hydrogen-bond donors (Lipinski definition) is 1. The first-order valence-electron chi connectivity index (χ1n) is 12.8. The third-order valence-electron chi connectivity index (χ3n) is 10.5. The average molecular weight is 475 g/mol. The fraction of sp³-hybridized carbons (Fsp3) is 0.714. The van der Waals surface area contributed by atoms with E-state index < -0.39 is 15.7 Å². The number of sulfone groups is 1. The van der Waals surface area contributed by atoms with Crippen LogP contribution in [0.1, 0.15) is 72.1 Å². The van der Waals surface area contributed by atoms with Gasteiger partial charge in [-0.15, -0.1) is 0 Å². The maximum absolute atomic E-state index is 14.4. The number of aliphatic hydroxyl groups is 1. The predicted octanol–water partition coefficient (Wildman–Crippen LogP) is 6.33. The van der Waals surface area contributed by atoms with Gasteiger partial charge in [0.2, 0.25) is 5.85 Å². The zero-order valence-corrected chi connectivity index (χ0v) is 21.1. The van der Waals surface area contributed by atoms with Gasteiger partial charge >= 0.3 is 0 Å². The van der Waals surface area contributed by atoms with Crippen molar-refractivity contribution in [2.24, 2.45) is 40.4 Å². The summed E-state index contributed by atoms with van der Waals surface area (Å²) in [5.74, 6) is 0.462. The van der Waals surface area contributed by atoms with Crippen LogP contribution in [0.15, 0.2) is 46.9 Å². The van der Waals surface area contributed by atoms with Gasteiger partial charge in [0.15, 0.2) is 9.84 Å². The van der Waals surface area contributed by atoms with E-state index in [9.17, 15) is 17.9 Å². The minimum atomic E-state index is -3.29. The van der Waals surface area contributed by atoms with Crippen molar-refractivity contribution in [2.45, 2.75) is 82.9 Å². The van der Waals surface area contributed by atoms with Crippen LogP contribution in [0.5, 0.6) is 0 Å². The minimum absolute atomic E-state index is 0.00289. The molecule has 1 N–H and O–H groups in total. The number of halogens is 1. The highest BCUT2D eigenvalue weighted by molar-refractivity contribution is 7.91. The van der Waals surface area contributed by atoms with Crippen molar-refractivity contribution in [3.8, 4) is 0 Å². The maximum Gasteiger partial charge on any atom is 0.210 e. The average Bonchev–Trinajstić information content (AvgIpc) is 3.12. The number of fused-ring (bicyclic) bond motifs is 5. The van der Waals surface area contributed by atoms with Crippen molar-refractivity contribution in [2.75, 3.05) is 5.75 Å². The highest BCUT2D eigenvalue weighted by Gasteiger charge is 2.60.